The third kappa shape index (κ3) is 7.36. The Labute approximate surface area is 396 Å². The molecule has 0 fully saturated rings. The first-order valence-corrected chi connectivity index (χ1v) is 23.3. The molecule has 0 unspecified atom stereocenters. The second-order valence-electron chi connectivity index (χ2n) is 16.7. The zero-order chi connectivity index (χ0) is 44.7. The molecule has 0 atom stereocenters. The van der Waals surface area contributed by atoms with E-state index in [9.17, 15) is 0 Å². The molecule has 0 aliphatic heterocycles. The van der Waals surface area contributed by atoms with Gasteiger partial charge in [0.2, 0.25) is 0 Å². The van der Waals surface area contributed by atoms with Gasteiger partial charge >= 0.3 is 0 Å². The van der Waals surface area contributed by atoms with Gasteiger partial charge < -0.3 is 10.2 Å². The first-order valence-electron chi connectivity index (χ1n) is 22.5. The summed E-state index contributed by atoms with van der Waals surface area (Å²) in [6.45, 7) is 0. The van der Waals surface area contributed by atoms with E-state index < -0.39 is 0 Å². The smallest absolute Gasteiger partial charge is 0.0780 e. The molecule has 14 aromatic rings. The Morgan fingerprint density at radius 3 is 1.25 bits per heavy atom. The maximum atomic E-state index is 4.73. The van der Waals surface area contributed by atoms with E-state index in [1.54, 1.807) is 0 Å². The van der Waals surface area contributed by atoms with Crippen molar-refractivity contribution >= 4 is 131 Å². The summed E-state index contributed by atoms with van der Waals surface area (Å²) in [4.78, 5) is 11.7. The average molecular weight is 922 g/mol. The van der Waals surface area contributed by atoms with Gasteiger partial charge in [0.25, 0.3) is 0 Å². The van der Waals surface area contributed by atoms with Gasteiger partial charge in [0, 0.05) is 66.5 Å². The Balaban J connectivity index is 0.000000117. The molecular formula is C62H41BrN4. The van der Waals surface area contributed by atoms with Crippen LogP contribution in [0, 0.1) is 0 Å². The number of nitrogens with zero attached hydrogens (tertiary/aromatic N) is 3. The lowest BCUT2D eigenvalue weighted by atomic mass is 9.91. The summed E-state index contributed by atoms with van der Waals surface area (Å²) in [6, 6.07) is 80.9. The number of rotatable bonds is 5. The molecule has 0 saturated carbocycles. The van der Waals surface area contributed by atoms with E-state index in [0.717, 1.165) is 38.3 Å². The fourth-order valence-electron chi connectivity index (χ4n) is 9.77. The highest BCUT2D eigenvalue weighted by molar-refractivity contribution is 9.10. The van der Waals surface area contributed by atoms with Crippen molar-refractivity contribution in [3.63, 3.8) is 0 Å². The van der Waals surface area contributed by atoms with E-state index in [1.165, 1.54) is 81.1 Å². The van der Waals surface area contributed by atoms with Gasteiger partial charge in [-0.2, -0.15) is 0 Å². The van der Waals surface area contributed by atoms with E-state index >= 15 is 0 Å². The van der Waals surface area contributed by atoms with Gasteiger partial charge in [0.1, 0.15) is 0 Å². The molecule has 14 rings (SSSR count). The molecule has 12 aromatic carbocycles. The molecule has 0 aliphatic rings. The molecule has 0 amide bonds. The summed E-state index contributed by atoms with van der Waals surface area (Å²) < 4.78 is 1.14. The number of nitrogens with one attached hydrogen (secondary N) is 1. The first-order chi connectivity index (χ1) is 33.2. The molecule has 316 valence electrons. The standard InChI is InChI=1S/C31H20N2.C19H10BrN.C12H11N/c1-3-9-24(10-4-1)33(25-11-5-2-6-12-25)28-18-15-21-13-17-27-30-22(14-16-26(28)29(21)30)20-23-8-7-19-32-31(23)27;20-16-8-5-11-3-7-15-18-12(4-6-14(16)17(11)18)10-13-2-1-9-21-19(13)15;1-3-7-11(8-4-1)13-12-9-5-2-6-10-12/h1-20H;1-10H;1-10,13H. The van der Waals surface area contributed by atoms with Crippen LogP contribution in [0.25, 0.3) is 86.4 Å². The van der Waals surface area contributed by atoms with Gasteiger partial charge in [0.15, 0.2) is 0 Å². The summed E-state index contributed by atoms with van der Waals surface area (Å²) in [5, 5.41) is 20.9. The van der Waals surface area contributed by atoms with Gasteiger partial charge in [0.05, 0.1) is 16.7 Å². The number of anilines is 5. The number of halogens is 1. The number of pyridine rings is 2. The number of para-hydroxylation sites is 4. The van der Waals surface area contributed by atoms with Crippen LogP contribution in [-0.2, 0) is 0 Å². The van der Waals surface area contributed by atoms with E-state index in [-0.39, 0.29) is 0 Å². The molecule has 1 N–H and O–H groups in total. The maximum absolute atomic E-state index is 4.73. The van der Waals surface area contributed by atoms with Crippen molar-refractivity contribution in [2.24, 2.45) is 0 Å². The lowest BCUT2D eigenvalue weighted by Crippen LogP contribution is -2.10. The van der Waals surface area contributed by atoms with Crippen LogP contribution < -0.4 is 10.2 Å². The molecule has 5 heteroatoms. The first kappa shape index (κ1) is 40.2. The summed E-state index contributed by atoms with van der Waals surface area (Å²) in [5.74, 6) is 0. The van der Waals surface area contributed by atoms with E-state index in [1.807, 2.05) is 85.2 Å². The van der Waals surface area contributed by atoms with Gasteiger partial charge in [-0.15, -0.1) is 0 Å². The van der Waals surface area contributed by atoms with Gasteiger partial charge in [-0.25, -0.2) is 0 Å². The monoisotopic (exact) mass is 920 g/mol. The molecule has 0 radical (unpaired) electrons. The minimum atomic E-state index is 1.06. The van der Waals surface area contributed by atoms with Crippen LogP contribution in [0.3, 0.4) is 0 Å². The van der Waals surface area contributed by atoms with Gasteiger partial charge in [-0.1, -0.05) is 162 Å². The van der Waals surface area contributed by atoms with Crippen molar-refractivity contribution in [3.05, 3.63) is 247 Å². The second kappa shape index (κ2) is 17.2. The molecule has 4 nitrogen and oxygen atoms in total. The normalized spacial score (nSPS) is 11.4. The number of hydrogen-bond donors (Lipinski definition) is 1. The Hall–Kier alpha value is -8.38. The van der Waals surface area contributed by atoms with Crippen molar-refractivity contribution in [2.75, 3.05) is 10.2 Å². The second-order valence-corrected chi connectivity index (χ2v) is 17.6. The quantitative estimate of drug-likeness (QED) is 0.138. The molecule has 67 heavy (non-hydrogen) atoms. The van der Waals surface area contributed by atoms with Crippen LogP contribution >= 0.6 is 15.9 Å². The highest BCUT2D eigenvalue weighted by atomic mass is 79.9. The fourth-order valence-corrected chi connectivity index (χ4v) is 10.2. The Morgan fingerprint density at radius 1 is 0.328 bits per heavy atom. The van der Waals surface area contributed by atoms with Crippen molar-refractivity contribution in [1.29, 1.82) is 0 Å². The zero-order valence-corrected chi connectivity index (χ0v) is 37.9. The minimum absolute atomic E-state index is 1.06. The molecular weight excluding hydrogens is 881 g/mol. The van der Waals surface area contributed by atoms with Crippen molar-refractivity contribution < 1.29 is 0 Å². The highest BCUT2D eigenvalue weighted by Gasteiger charge is 2.19. The van der Waals surface area contributed by atoms with Crippen LogP contribution in [0.2, 0.25) is 0 Å². The van der Waals surface area contributed by atoms with E-state index in [4.69, 9.17) is 4.98 Å². The predicted molar refractivity (Wildman–Crippen MR) is 289 cm³/mol. The molecule has 0 bridgehead atoms. The highest BCUT2D eigenvalue weighted by Crippen LogP contribution is 2.45. The van der Waals surface area contributed by atoms with Crippen LogP contribution in [-0.4, -0.2) is 9.97 Å². The minimum Gasteiger partial charge on any atom is -0.356 e. The third-order valence-electron chi connectivity index (χ3n) is 12.7. The van der Waals surface area contributed by atoms with Gasteiger partial charge in [-0.05, 0) is 133 Å². The predicted octanol–water partition coefficient (Wildman–Crippen LogP) is 17.9. The summed E-state index contributed by atoms with van der Waals surface area (Å²) in [5.41, 5.74) is 7.85. The largest absolute Gasteiger partial charge is 0.356 e. The molecule has 0 aliphatic carbocycles. The lowest BCUT2D eigenvalue weighted by molar-refractivity contribution is 1.30. The summed E-state index contributed by atoms with van der Waals surface area (Å²) >= 11 is 3.68. The number of benzene rings is 12. The van der Waals surface area contributed by atoms with Gasteiger partial charge in [-0.3, -0.25) is 9.97 Å². The maximum Gasteiger partial charge on any atom is 0.0780 e. The van der Waals surface area contributed by atoms with Crippen LogP contribution in [0.1, 0.15) is 0 Å². The van der Waals surface area contributed by atoms with Crippen LogP contribution in [0.15, 0.2) is 247 Å². The summed E-state index contributed by atoms with van der Waals surface area (Å²) in [7, 11) is 0. The zero-order valence-electron chi connectivity index (χ0n) is 36.3. The molecule has 2 heterocycles. The summed E-state index contributed by atoms with van der Waals surface area (Å²) in [6.07, 6.45) is 3.76. The Morgan fingerprint density at radius 2 is 0.731 bits per heavy atom. The Bertz CT molecular complexity index is 3940. The molecule has 0 spiro atoms. The van der Waals surface area contributed by atoms with Crippen molar-refractivity contribution in [2.45, 2.75) is 0 Å². The SMILES string of the molecule is Brc1ccc2ccc3c4ncccc4cc4ccc1c2c43.c1ccc(N(c2ccccc2)c2ccc3ccc4c5ncccc5cc5ccc2c3c54)cc1.c1ccc(Nc2ccccc2)cc1. The third-order valence-corrected chi connectivity index (χ3v) is 13.4. The van der Waals surface area contributed by atoms with E-state index in [0.29, 0.717) is 0 Å². The average Bonchev–Trinajstić information content (AvgIpc) is 3.39. The van der Waals surface area contributed by atoms with E-state index in [2.05, 4.69) is 189 Å². The number of hydrogen-bond acceptors (Lipinski definition) is 4. The van der Waals surface area contributed by atoms with Crippen LogP contribution in [0.5, 0.6) is 0 Å². The van der Waals surface area contributed by atoms with Crippen LogP contribution in [0.4, 0.5) is 28.4 Å². The fraction of sp³-hybridized carbons (Fsp3) is 0. The topological polar surface area (TPSA) is 41.1 Å². The molecule has 0 saturated heterocycles. The Kier molecular flexibility index (Phi) is 10.3. The molecule has 2 aromatic heterocycles. The van der Waals surface area contributed by atoms with Crippen molar-refractivity contribution in [3.8, 4) is 0 Å². The van der Waals surface area contributed by atoms with Crippen molar-refractivity contribution in [1.82, 2.24) is 9.97 Å². The number of aromatic nitrogens is 2. The lowest BCUT2D eigenvalue weighted by Gasteiger charge is -2.27. The number of fused-ring (bicyclic) bond motifs is 4.